The van der Waals surface area contributed by atoms with Crippen LogP contribution in [0.2, 0.25) is 0 Å². The molecule has 2 aromatic rings. The number of rotatable bonds is 4. The summed E-state index contributed by atoms with van der Waals surface area (Å²) in [6, 6.07) is 8.07. The lowest BCUT2D eigenvalue weighted by Gasteiger charge is -2.28. The zero-order valence-corrected chi connectivity index (χ0v) is 13.1. The van der Waals surface area contributed by atoms with Gasteiger partial charge in [0.1, 0.15) is 5.82 Å². The van der Waals surface area contributed by atoms with Gasteiger partial charge >= 0.3 is 0 Å². The van der Waals surface area contributed by atoms with Crippen molar-refractivity contribution >= 4 is 16.9 Å². The first-order valence-electron chi connectivity index (χ1n) is 8.23. The molecule has 3 heteroatoms. The highest BCUT2D eigenvalue weighted by atomic mass is 15.0. The van der Waals surface area contributed by atoms with E-state index in [9.17, 15) is 0 Å². The van der Waals surface area contributed by atoms with Gasteiger partial charge in [0, 0.05) is 6.54 Å². The van der Waals surface area contributed by atoms with E-state index in [2.05, 4.69) is 17.2 Å². The van der Waals surface area contributed by atoms with Crippen molar-refractivity contribution in [2.45, 2.75) is 46.0 Å². The second kappa shape index (κ2) is 6.42. The van der Waals surface area contributed by atoms with Gasteiger partial charge in [-0.25, -0.2) is 9.97 Å². The van der Waals surface area contributed by atoms with Gasteiger partial charge in [-0.1, -0.05) is 38.3 Å². The van der Waals surface area contributed by atoms with Gasteiger partial charge in [0.2, 0.25) is 0 Å². The van der Waals surface area contributed by atoms with Crippen molar-refractivity contribution in [2.75, 3.05) is 11.9 Å². The van der Waals surface area contributed by atoms with E-state index in [1.165, 1.54) is 32.1 Å². The summed E-state index contributed by atoms with van der Waals surface area (Å²) in [6.07, 6.45) is 6.84. The number of aromatic nitrogens is 2. The molecule has 1 aliphatic rings. The van der Waals surface area contributed by atoms with Crippen molar-refractivity contribution in [3.63, 3.8) is 0 Å². The van der Waals surface area contributed by atoms with Gasteiger partial charge in [0.05, 0.1) is 16.7 Å². The Labute approximate surface area is 127 Å². The Morgan fingerprint density at radius 1 is 1.00 bits per heavy atom. The summed E-state index contributed by atoms with van der Waals surface area (Å²) in [5, 5.41) is 3.53. The van der Waals surface area contributed by atoms with Crippen LogP contribution < -0.4 is 5.32 Å². The molecule has 112 valence electrons. The Hall–Kier alpha value is -1.64. The van der Waals surface area contributed by atoms with Crippen LogP contribution in [0.25, 0.3) is 11.0 Å². The van der Waals surface area contributed by atoms with Crippen LogP contribution in [0.1, 0.15) is 44.7 Å². The number of benzene rings is 1. The van der Waals surface area contributed by atoms with E-state index in [-0.39, 0.29) is 0 Å². The maximum Gasteiger partial charge on any atom is 0.148 e. The van der Waals surface area contributed by atoms with Gasteiger partial charge in [-0.2, -0.15) is 0 Å². The molecule has 0 unspecified atom stereocenters. The average molecular weight is 283 g/mol. The van der Waals surface area contributed by atoms with Crippen LogP contribution in [-0.4, -0.2) is 16.5 Å². The molecular formula is C18H25N3. The summed E-state index contributed by atoms with van der Waals surface area (Å²) in [5.74, 6) is 2.70. The molecule has 0 radical (unpaired) electrons. The number of nitrogens with zero attached hydrogens (tertiary/aromatic N) is 2. The molecule has 1 fully saturated rings. The number of hydrogen-bond acceptors (Lipinski definition) is 3. The van der Waals surface area contributed by atoms with Crippen molar-refractivity contribution < 1.29 is 0 Å². The van der Waals surface area contributed by atoms with E-state index in [4.69, 9.17) is 4.98 Å². The first kappa shape index (κ1) is 14.3. The Balaban J connectivity index is 1.64. The van der Waals surface area contributed by atoms with Crippen LogP contribution in [0.3, 0.4) is 0 Å². The number of fused-ring (bicyclic) bond motifs is 1. The summed E-state index contributed by atoms with van der Waals surface area (Å²) in [5.41, 5.74) is 2.94. The molecule has 0 aliphatic heterocycles. The quantitative estimate of drug-likeness (QED) is 0.893. The molecule has 0 bridgehead atoms. The molecule has 1 aliphatic carbocycles. The predicted octanol–water partition coefficient (Wildman–Crippen LogP) is 4.57. The zero-order chi connectivity index (χ0) is 14.7. The number of para-hydroxylation sites is 2. The zero-order valence-electron chi connectivity index (χ0n) is 13.1. The maximum absolute atomic E-state index is 4.72. The standard InChI is InChI=1S/C18H25N3/c1-3-14-8-10-15(11-9-14)12-19-18-13(2)20-16-6-4-5-7-17(16)21-18/h4-7,14-15H,3,8-12H2,1-2H3,(H,19,21). The van der Waals surface area contributed by atoms with Crippen LogP contribution in [0.5, 0.6) is 0 Å². The van der Waals surface area contributed by atoms with Gasteiger partial charge in [-0.3, -0.25) is 0 Å². The average Bonchev–Trinajstić information content (AvgIpc) is 2.53. The maximum atomic E-state index is 4.72. The lowest BCUT2D eigenvalue weighted by Crippen LogP contribution is -2.21. The number of aryl methyl sites for hydroxylation is 1. The Bertz CT molecular complexity index is 600. The summed E-state index contributed by atoms with van der Waals surface area (Å²) >= 11 is 0. The third-order valence-corrected chi connectivity index (χ3v) is 4.85. The van der Waals surface area contributed by atoms with E-state index < -0.39 is 0 Å². The van der Waals surface area contributed by atoms with Crippen LogP contribution in [0.4, 0.5) is 5.82 Å². The summed E-state index contributed by atoms with van der Waals surface area (Å²) in [6.45, 7) is 5.39. The van der Waals surface area contributed by atoms with Crippen molar-refractivity contribution in [3.8, 4) is 0 Å². The van der Waals surface area contributed by atoms with E-state index in [0.29, 0.717) is 0 Å². The molecule has 1 heterocycles. The van der Waals surface area contributed by atoms with Crippen LogP contribution in [-0.2, 0) is 0 Å². The smallest absolute Gasteiger partial charge is 0.148 e. The molecule has 3 rings (SSSR count). The highest BCUT2D eigenvalue weighted by molar-refractivity contribution is 5.76. The largest absolute Gasteiger partial charge is 0.368 e. The van der Waals surface area contributed by atoms with Gasteiger partial charge in [0.25, 0.3) is 0 Å². The minimum absolute atomic E-state index is 0.792. The molecule has 1 aromatic heterocycles. The molecule has 3 nitrogen and oxygen atoms in total. The highest BCUT2D eigenvalue weighted by Crippen LogP contribution is 2.30. The van der Waals surface area contributed by atoms with E-state index in [0.717, 1.165) is 40.9 Å². The normalized spacial score (nSPS) is 22.4. The van der Waals surface area contributed by atoms with Crippen LogP contribution >= 0.6 is 0 Å². The number of anilines is 1. The molecule has 1 N–H and O–H groups in total. The minimum Gasteiger partial charge on any atom is -0.368 e. The molecule has 0 spiro atoms. The van der Waals surface area contributed by atoms with E-state index >= 15 is 0 Å². The molecule has 1 saturated carbocycles. The van der Waals surface area contributed by atoms with Crippen LogP contribution in [0.15, 0.2) is 24.3 Å². The Morgan fingerprint density at radius 3 is 2.29 bits per heavy atom. The van der Waals surface area contributed by atoms with Crippen molar-refractivity contribution in [1.82, 2.24) is 9.97 Å². The van der Waals surface area contributed by atoms with Gasteiger partial charge in [-0.05, 0) is 43.7 Å². The van der Waals surface area contributed by atoms with Crippen molar-refractivity contribution in [1.29, 1.82) is 0 Å². The number of nitrogens with one attached hydrogen (secondary N) is 1. The van der Waals surface area contributed by atoms with E-state index in [1.807, 2.05) is 31.2 Å². The third-order valence-electron chi connectivity index (χ3n) is 4.85. The predicted molar refractivity (Wildman–Crippen MR) is 88.5 cm³/mol. The fraction of sp³-hybridized carbons (Fsp3) is 0.556. The Kier molecular flexibility index (Phi) is 4.37. The first-order chi connectivity index (χ1) is 10.3. The van der Waals surface area contributed by atoms with E-state index in [1.54, 1.807) is 0 Å². The fourth-order valence-corrected chi connectivity index (χ4v) is 3.34. The molecule has 21 heavy (non-hydrogen) atoms. The monoisotopic (exact) mass is 283 g/mol. The van der Waals surface area contributed by atoms with Crippen LogP contribution in [0, 0.1) is 18.8 Å². The second-order valence-electron chi connectivity index (χ2n) is 6.32. The van der Waals surface area contributed by atoms with Crippen molar-refractivity contribution in [2.24, 2.45) is 11.8 Å². The molecule has 1 aromatic carbocycles. The van der Waals surface area contributed by atoms with Gasteiger partial charge in [-0.15, -0.1) is 0 Å². The van der Waals surface area contributed by atoms with Gasteiger partial charge in [0.15, 0.2) is 0 Å². The lowest BCUT2D eigenvalue weighted by molar-refractivity contribution is 0.278. The minimum atomic E-state index is 0.792. The SMILES string of the molecule is CCC1CCC(CNc2nc3ccccc3nc2C)CC1. The molecule has 0 amide bonds. The summed E-state index contributed by atoms with van der Waals surface area (Å²) in [7, 11) is 0. The summed E-state index contributed by atoms with van der Waals surface area (Å²) < 4.78 is 0. The molecule has 0 atom stereocenters. The highest BCUT2D eigenvalue weighted by Gasteiger charge is 2.20. The second-order valence-corrected chi connectivity index (χ2v) is 6.32. The fourth-order valence-electron chi connectivity index (χ4n) is 3.34. The van der Waals surface area contributed by atoms with Crippen molar-refractivity contribution in [3.05, 3.63) is 30.0 Å². The third kappa shape index (κ3) is 3.34. The van der Waals surface area contributed by atoms with Gasteiger partial charge < -0.3 is 5.32 Å². The lowest BCUT2D eigenvalue weighted by atomic mass is 9.81. The first-order valence-corrected chi connectivity index (χ1v) is 8.23. The molecular weight excluding hydrogens is 258 g/mol. The molecule has 0 saturated heterocycles. The number of hydrogen-bond donors (Lipinski definition) is 1. The topological polar surface area (TPSA) is 37.8 Å². The summed E-state index contributed by atoms with van der Waals surface area (Å²) in [4.78, 5) is 9.36. The Morgan fingerprint density at radius 2 is 1.62 bits per heavy atom.